The number of aromatic nitrogens is 3. The van der Waals surface area contributed by atoms with E-state index < -0.39 is 0 Å². The number of nitrogens with zero attached hydrogens (tertiary/aromatic N) is 3. The number of amides is 1. The van der Waals surface area contributed by atoms with E-state index in [1.165, 1.54) is 27.4 Å². The van der Waals surface area contributed by atoms with E-state index >= 15 is 0 Å². The number of hydrogen-bond acceptors (Lipinski definition) is 6. The molecule has 0 fully saturated rings. The van der Waals surface area contributed by atoms with E-state index in [4.69, 9.17) is 14.2 Å². The summed E-state index contributed by atoms with van der Waals surface area (Å²) in [5.41, 5.74) is 1.31. The van der Waals surface area contributed by atoms with Gasteiger partial charge in [-0.1, -0.05) is 0 Å². The molecule has 0 aliphatic heterocycles. The van der Waals surface area contributed by atoms with Crippen LogP contribution in [0.25, 0.3) is 11.9 Å². The first-order chi connectivity index (χ1) is 13.6. The third-order valence-electron chi connectivity index (χ3n) is 3.87. The summed E-state index contributed by atoms with van der Waals surface area (Å²) in [6.07, 6.45) is 8.11. The number of methoxy groups -OCH3 is 3. The Morgan fingerprint density at radius 2 is 1.86 bits per heavy atom. The third-order valence-corrected chi connectivity index (χ3v) is 3.87. The molecule has 0 saturated carbocycles. The molecule has 0 saturated heterocycles. The molecule has 1 amide bonds. The van der Waals surface area contributed by atoms with Crippen LogP contribution < -0.4 is 19.5 Å². The highest BCUT2D eigenvalue weighted by Gasteiger charge is 2.12. The summed E-state index contributed by atoms with van der Waals surface area (Å²) in [4.78, 5) is 16.5. The van der Waals surface area contributed by atoms with Crippen LogP contribution in [0.4, 0.5) is 5.69 Å². The molecule has 3 rings (SSSR count). The van der Waals surface area contributed by atoms with E-state index in [-0.39, 0.29) is 5.91 Å². The average Bonchev–Trinajstić information content (AvgIpc) is 3.26. The Hall–Kier alpha value is -3.81. The van der Waals surface area contributed by atoms with Crippen LogP contribution in [0.1, 0.15) is 5.56 Å². The van der Waals surface area contributed by atoms with Gasteiger partial charge in [0.1, 0.15) is 0 Å². The number of hydrogen-bond donors (Lipinski definition) is 1. The second-order valence-corrected chi connectivity index (χ2v) is 5.64. The maximum absolute atomic E-state index is 12.2. The van der Waals surface area contributed by atoms with Crippen molar-refractivity contribution < 1.29 is 19.0 Å². The van der Waals surface area contributed by atoms with Crippen molar-refractivity contribution in [3.63, 3.8) is 0 Å². The van der Waals surface area contributed by atoms with Crippen LogP contribution in [-0.2, 0) is 4.79 Å². The molecule has 1 N–H and O–H groups in total. The van der Waals surface area contributed by atoms with Crippen LogP contribution in [0, 0.1) is 0 Å². The zero-order chi connectivity index (χ0) is 19.9. The first kappa shape index (κ1) is 19.0. The lowest BCUT2D eigenvalue weighted by Crippen LogP contribution is -2.08. The van der Waals surface area contributed by atoms with Crippen molar-refractivity contribution in [1.82, 2.24) is 14.8 Å². The smallest absolute Gasteiger partial charge is 0.248 e. The molecule has 0 bridgehead atoms. The zero-order valence-corrected chi connectivity index (χ0v) is 15.7. The first-order valence-corrected chi connectivity index (χ1v) is 8.39. The number of anilines is 1. The second-order valence-electron chi connectivity index (χ2n) is 5.64. The number of pyridine rings is 1. The molecule has 2 aromatic heterocycles. The van der Waals surface area contributed by atoms with Gasteiger partial charge in [-0.15, -0.1) is 0 Å². The zero-order valence-electron chi connectivity index (χ0n) is 15.7. The van der Waals surface area contributed by atoms with Crippen LogP contribution in [0.2, 0.25) is 0 Å². The quantitative estimate of drug-likeness (QED) is 0.634. The van der Waals surface area contributed by atoms with E-state index in [0.717, 1.165) is 5.56 Å². The van der Waals surface area contributed by atoms with Crippen molar-refractivity contribution in [3.05, 3.63) is 60.6 Å². The summed E-state index contributed by atoms with van der Waals surface area (Å²) >= 11 is 0. The summed E-state index contributed by atoms with van der Waals surface area (Å²) < 4.78 is 17.5. The van der Waals surface area contributed by atoms with E-state index in [9.17, 15) is 4.79 Å². The van der Waals surface area contributed by atoms with Gasteiger partial charge in [0.05, 0.1) is 33.2 Å². The normalized spacial score (nSPS) is 10.7. The van der Waals surface area contributed by atoms with Crippen LogP contribution in [0.3, 0.4) is 0 Å². The van der Waals surface area contributed by atoms with Crippen molar-refractivity contribution in [3.8, 4) is 23.1 Å². The highest BCUT2D eigenvalue weighted by Crippen LogP contribution is 2.38. The molecule has 144 valence electrons. The van der Waals surface area contributed by atoms with Crippen molar-refractivity contribution in [1.29, 1.82) is 0 Å². The Morgan fingerprint density at radius 1 is 1.11 bits per heavy atom. The summed E-state index contributed by atoms with van der Waals surface area (Å²) in [6.45, 7) is 0. The number of carbonyl (C=O) groups is 1. The van der Waals surface area contributed by atoms with Crippen LogP contribution in [0.15, 0.2) is 55.0 Å². The molecule has 8 heteroatoms. The SMILES string of the molecule is COc1cc(/C=C/C(=O)Nc2ccc(-n3cccn3)nc2)cc(OC)c1OC. The van der Waals surface area contributed by atoms with Gasteiger partial charge >= 0.3 is 0 Å². The second kappa shape index (κ2) is 8.72. The molecule has 3 aromatic rings. The fraction of sp³-hybridized carbons (Fsp3) is 0.150. The lowest BCUT2D eigenvalue weighted by molar-refractivity contribution is -0.111. The minimum absolute atomic E-state index is 0.289. The molecular weight excluding hydrogens is 360 g/mol. The largest absolute Gasteiger partial charge is 0.493 e. The summed E-state index contributed by atoms with van der Waals surface area (Å²) in [6, 6.07) is 8.85. The van der Waals surface area contributed by atoms with Crippen LogP contribution >= 0.6 is 0 Å². The predicted octanol–water partition coefficient (Wildman–Crippen LogP) is 2.95. The molecule has 0 spiro atoms. The lowest BCUT2D eigenvalue weighted by atomic mass is 10.1. The van der Waals surface area contributed by atoms with Crippen molar-refractivity contribution in [2.75, 3.05) is 26.6 Å². The Kier molecular flexibility index (Phi) is 5.91. The summed E-state index contributed by atoms with van der Waals surface area (Å²) in [7, 11) is 4.61. The maximum Gasteiger partial charge on any atom is 0.248 e. The van der Waals surface area contributed by atoms with Gasteiger partial charge in [-0.2, -0.15) is 5.10 Å². The monoisotopic (exact) mass is 380 g/mol. The molecule has 2 heterocycles. The van der Waals surface area contributed by atoms with Gasteiger partial charge in [0.15, 0.2) is 17.3 Å². The number of carbonyl (C=O) groups excluding carboxylic acids is 1. The maximum atomic E-state index is 12.2. The topological polar surface area (TPSA) is 87.5 Å². The van der Waals surface area contributed by atoms with Crippen LogP contribution in [0.5, 0.6) is 17.2 Å². The minimum atomic E-state index is -0.289. The van der Waals surface area contributed by atoms with E-state index in [0.29, 0.717) is 28.8 Å². The van der Waals surface area contributed by atoms with Gasteiger partial charge in [-0.05, 0) is 42.0 Å². The Balaban J connectivity index is 1.70. The van der Waals surface area contributed by atoms with E-state index in [1.54, 1.807) is 53.6 Å². The predicted molar refractivity (Wildman–Crippen MR) is 105 cm³/mol. The van der Waals surface area contributed by atoms with Gasteiger partial charge < -0.3 is 19.5 Å². The lowest BCUT2D eigenvalue weighted by Gasteiger charge is -2.12. The molecule has 0 atom stereocenters. The van der Waals surface area contributed by atoms with Crippen molar-refractivity contribution >= 4 is 17.7 Å². The van der Waals surface area contributed by atoms with Gasteiger partial charge in [0.2, 0.25) is 11.7 Å². The molecule has 0 aliphatic rings. The first-order valence-electron chi connectivity index (χ1n) is 8.39. The molecule has 28 heavy (non-hydrogen) atoms. The van der Waals surface area contributed by atoms with Gasteiger partial charge in [-0.25, -0.2) is 9.67 Å². The Labute approximate surface area is 162 Å². The van der Waals surface area contributed by atoms with Crippen molar-refractivity contribution in [2.24, 2.45) is 0 Å². The van der Waals surface area contributed by atoms with Gasteiger partial charge in [0.25, 0.3) is 0 Å². The highest BCUT2D eigenvalue weighted by atomic mass is 16.5. The van der Waals surface area contributed by atoms with Crippen molar-refractivity contribution in [2.45, 2.75) is 0 Å². The fourth-order valence-corrected chi connectivity index (χ4v) is 2.55. The number of nitrogens with one attached hydrogen (secondary N) is 1. The molecule has 0 unspecified atom stereocenters. The Morgan fingerprint density at radius 3 is 2.39 bits per heavy atom. The molecule has 1 aromatic carbocycles. The van der Waals surface area contributed by atoms with Gasteiger partial charge in [0, 0.05) is 18.5 Å². The minimum Gasteiger partial charge on any atom is -0.493 e. The third kappa shape index (κ3) is 4.29. The average molecular weight is 380 g/mol. The van der Waals surface area contributed by atoms with E-state index in [1.807, 2.05) is 6.07 Å². The summed E-state index contributed by atoms with van der Waals surface area (Å²) in [5.74, 6) is 1.90. The molecular formula is C20H20N4O4. The Bertz CT molecular complexity index is 941. The number of rotatable bonds is 7. The highest BCUT2D eigenvalue weighted by molar-refractivity contribution is 6.01. The molecule has 8 nitrogen and oxygen atoms in total. The number of ether oxygens (including phenoxy) is 3. The summed E-state index contributed by atoms with van der Waals surface area (Å²) in [5, 5.41) is 6.87. The fourth-order valence-electron chi connectivity index (χ4n) is 2.55. The van der Waals surface area contributed by atoms with E-state index in [2.05, 4.69) is 15.4 Å². The van der Waals surface area contributed by atoms with Crippen LogP contribution in [-0.4, -0.2) is 42.0 Å². The standard InChI is InChI=1S/C20H20N4O4/c1-26-16-11-14(12-17(27-2)20(16)28-3)5-8-19(25)23-15-6-7-18(21-13-15)24-10-4-9-22-24/h4-13H,1-3H3,(H,23,25)/b8-5+. The molecule has 0 aliphatic carbocycles. The molecule has 0 radical (unpaired) electrons. The van der Waals surface area contributed by atoms with Gasteiger partial charge in [-0.3, -0.25) is 4.79 Å². The number of benzene rings is 1.